The van der Waals surface area contributed by atoms with Crippen molar-refractivity contribution < 1.29 is 13.2 Å². The summed E-state index contributed by atoms with van der Waals surface area (Å²) in [6, 6.07) is 0.681. The molecular formula is C14H29N3O3S. The maximum Gasteiger partial charge on any atom is 0.281 e. The van der Waals surface area contributed by atoms with Gasteiger partial charge in [-0.2, -0.15) is 17.0 Å². The Balaban J connectivity index is 1.71. The molecule has 6 nitrogen and oxygen atoms in total. The standard InChI is InChI=1S/C14H29N3O3S/c1-16(9-4-8-15-14-6-7-14)21(18,19)17(2)11-13-5-3-10-20-12-13/h13-15H,3-12H2,1-2H3. The Labute approximate surface area is 129 Å². The van der Waals surface area contributed by atoms with Crippen LogP contribution < -0.4 is 5.32 Å². The van der Waals surface area contributed by atoms with Crippen LogP contribution in [0.2, 0.25) is 0 Å². The molecular weight excluding hydrogens is 290 g/mol. The van der Waals surface area contributed by atoms with Gasteiger partial charge < -0.3 is 10.1 Å². The van der Waals surface area contributed by atoms with Crippen LogP contribution >= 0.6 is 0 Å². The molecule has 1 saturated carbocycles. The average molecular weight is 319 g/mol. The lowest BCUT2D eigenvalue weighted by Gasteiger charge is -2.29. The minimum absolute atomic E-state index is 0.323. The molecule has 1 aliphatic carbocycles. The zero-order chi connectivity index (χ0) is 15.3. The van der Waals surface area contributed by atoms with Gasteiger partial charge >= 0.3 is 0 Å². The van der Waals surface area contributed by atoms with Crippen LogP contribution in [0.1, 0.15) is 32.1 Å². The van der Waals surface area contributed by atoms with Crippen LogP contribution in [0.5, 0.6) is 0 Å². The smallest absolute Gasteiger partial charge is 0.281 e. The zero-order valence-corrected chi connectivity index (χ0v) is 14.1. The van der Waals surface area contributed by atoms with Crippen molar-refractivity contribution in [3.63, 3.8) is 0 Å². The molecule has 0 amide bonds. The first-order valence-corrected chi connectivity index (χ1v) is 9.38. The Bertz CT molecular complexity index is 406. The molecule has 0 radical (unpaired) electrons. The lowest BCUT2D eigenvalue weighted by molar-refractivity contribution is 0.0491. The SMILES string of the molecule is CN(CCCNC1CC1)S(=O)(=O)N(C)CC1CCCOC1. The first-order chi connectivity index (χ1) is 10.00. The number of hydrogen-bond acceptors (Lipinski definition) is 4. The summed E-state index contributed by atoms with van der Waals surface area (Å²) in [5.74, 6) is 0.323. The van der Waals surface area contributed by atoms with Gasteiger partial charge in [0.2, 0.25) is 0 Å². The largest absolute Gasteiger partial charge is 0.381 e. The molecule has 0 aromatic heterocycles. The van der Waals surface area contributed by atoms with Gasteiger partial charge in [0.1, 0.15) is 0 Å². The summed E-state index contributed by atoms with van der Waals surface area (Å²) >= 11 is 0. The van der Waals surface area contributed by atoms with Crippen molar-refractivity contribution in [1.82, 2.24) is 13.9 Å². The van der Waals surface area contributed by atoms with Crippen molar-refractivity contribution in [3.8, 4) is 0 Å². The van der Waals surface area contributed by atoms with E-state index in [4.69, 9.17) is 4.74 Å². The summed E-state index contributed by atoms with van der Waals surface area (Å²) in [5, 5.41) is 3.41. The normalized spacial score (nSPS) is 23.9. The van der Waals surface area contributed by atoms with Crippen molar-refractivity contribution >= 4 is 10.2 Å². The highest BCUT2D eigenvalue weighted by atomic mass is 32.2. The molecule has 1 atom stereocenters. The predicted molar refractivity (Wildman–Crippen MR) is 83.4 cm³/mol. The fraction of sp³-hybridized carbons (Fsp3) is 1.00. The maximum atomic E-state index is 12.4. The van der Waals surface area contributed by atoms with E-state index >= 15 is 0 Å². The van der Waals surface area contributed by atoms with Gasteiger partial charge in [-0.3, -0.25) is 0 Å². The summed E-state index contributed by atoms with van der Waals surface area (Å²) in [6.07, 6.45) is 5.46. The third-order valence-corrected chi connectivity index (χ3v) is 6.12. The van der Waals surface area contributed by atoms with Crippen LogP contribution in [-0.2, 0) is 14.9 Å². The molecule has 0 bridgehead atoms. The van der Waals surface area contributed by atoms with Crippen molar-refractivity contribution in [3.05, 3.63) is 0 Å². The fourth-order valence-corrected chi connectivity index (χ4v) is 3.89. The molecule has 1 N–H and O–H groups in total. The van der Waals surface area contributed by atoms with E-state index in [1.54, 1.807) is 14.1 Å². The minimum Gasteiger partial charge on any atom is -0.381 e. The third-order valence-electron chi connectivity index (χ3n) is 4.22. The van der Waals surface area contributed by atoms with Crippen LogP contribution in [0, 0.1) is 5.92 Å². The Morgan fingerprint density at radius 1 is 1.19 bits per heavy atom. The second-order valence-corrected chi connectivity index (χ2v) is 8.42. The number of hydrogen-bond donors (Lipinski definition) is 1. The van der Waals surface area contributed by atoms with Gasteiger partial charge in [-0.05, 0) is 44.6 Å². The van der Waals surface area contributed by atoms with Gasteiger partial charge in [0.15, 0.2) is 0 Å². The molecule has 1 aliphatic heterocycles. The molecule has 0 aromatic carbocycles. The van der Waals surface area contributed by atoms with Gasteiger partial charge in [-0.15, -0.1) is 0 Å². The van der Waals surface area contributed by atoms with Crippen molar-refractivity contribution in [2.24, 2.45) is 5.92 Å². The van der Waals surface area contributed by atoms with E-state index < -0.39 is 10.2 Å². The Hall–Kier alpha value is -0.210. The van der Waals surface area contributed by atoms with Crippen LogP contribution in [0.3, 0.4) is 0 Å². The summed E-state index contributed by atoms with van der Waals surface area (Å²) < 4.78 is 33.2. The molecule has 7 heteroatoms. The first-order valence-electron chi connectivity index (χ1n) is 7.99. The quantitative estimate of drug-likeness (QED) is 0.634. The van der Waals surface area contributed by atoms with Gasteiger partial charge in [-0.1, -0.05) is 0 Å². The van der Waals surface area contributed by atoms with Crippen LogP contribution in [0.15, 0.2) is 0 Å². The van der Waals surface area contributed by atoms with Crippen LogP contribution in [0.25, 0.3) is 0 Å². The lowest BCUT2D eigenvalue weighted by Crippen LogP contribution is -2.43. The summed E-state index contributed by atoms with van der Waals surface area (Å²) in [5.41, 5.74) is 0. The molecule has 124 valence electrons. The summed E-state index contributed by atoms with van der Waals surface area (Å²) in [4.78, 5) is 0. The molecule has 2 rings (SSSR count). The van der Waals surface area contributed by atoms with Crippen molar-refractivity contribution in [2.75, 3.05) is 46.9 Å². The molecule has 1 unspecified atom stereocenters. The molecule has 21 heavy (non-hydrogen) atoms. The highest BCUT2D eigenvalue weighted by Gasteiger charge is 2.27. The minimum atomic E-state index is -3.34. The number of rotatable bonds is 9. The van der Waals surface area contributed by atoms with Crippen LogP contribution in [-0.4, -0.2) is 70.0 Å². The summed E-state index contributed by atoms with van der Waals surface area (Å²) in [6.45, 7) is 3.49. The molecule has 1 heterocycles. The lowest BCUT2D eigenvalue weighted by atomic mass is 10.0. The molecule has 0 aromatic rings. The highest BCUT2D eigenvalue weighted by molar-refractivity contribution is 7.86. The highest BCUT2D eigenvalue weighted by Crippen LogP contribution is 2.19. The first kappa shape index (κ1) is 17.1. The van der Waals surface area contributed by atoms with Gasteiger partial charge in [-0.25, -0.2) is 0 Å². The Morgan fingerprint density at radius 2 is 1.95 bits per heavy atom. The van der Waals surface area contributed by atoms with E-state index in [0.29, 0.717) is 31.7 Å². The second-order valence-electron chi connectivity index (χ2n) is 6.27. The van der Waals surface area contributed by atoms with Crippen LogP contribution in [0.4, 0.5) is 0 Å². The van der Waals surface area contributed by atoms with E-state index in [-0.39, 0.29) is 0 Å². The molecule has 0 spiro atoms. The fourth-order valence-electron chi connectivity index (χ4n) is 2.66. The van der Waals surface area contributed by atoms with E-state index in [1.807, 2.05) is 0 Å². The second kappa shape index (κ2) is 7.87. The number of nitrogens with one attached hydrogen (secondary N) is 1. The third kappa shape index (κ3) is 5.49. The Morgan fingerprint density at radius 3 is 2.57 bits per heavy atom. The number of ether oxygens (including phenoxy) is 1. The van der Waals surface area contributed by atoms with Crippen molar-refractivity contribution in [2.45, 2.75) is 38.1 Å². The van der Waals surface area contributed by atoms with Gasteiger partial charge in [0.25, 0.3) is 10.2 Å². The number of nitrogens with zero attached hydrogens (tertiary/aromatic N) is 2. The van der Waals surface area contributed by atoms with E-state index in [9.17, 15) is 8.42 Å². The van der Waals surface area contributed by atoms with Crippen molar-refractivity contribution in [1.29, 1.82) is 0 Å². The molecule has 2 aliphatic rings. The molecule has 1 saturated heterocycles. The monoisotopic (exact) mass is 319 g/mol. The van der Waals surface area contributed by atoms with Gasteiger partial charge in [0.05, 0.1) is 6.61 Å². The summed E-state index contributed by atoms with van der Waals surface area (Å²) in [7, 11) is -0.00360. The topological polar surface area (TPSA) is 61.9 Å². The molecule has 2 fully saturated rings. The van der Waals surface area contributed by atoms with E-state index in [2.05, 4.69) is 5.32 Å². The van der Waals surface area contributed by atoms with E-state index in [0.717, 1.165) is 32.4 Å². The van der Waals surface area contributed by atoms with Gasteiger partial charge in [0, 0.05) is 39.8 Å². The Kier molecular flexibility index (Phi) is 6.43. The average Bonchev–Trinajstić information content (AvgIpc) is 3.28. The zero-order valence-electron chi connectivity index (χ0n) is 13.3. The maximum absolute atomic E-state index is 12.4. The predicted octanol–water partition coefficient (Wildman–Crippen LogP) is 0.664. The van der Waals surface area contributed by atoms with E-state index in [1.165, 1.54) is 21.5 Å².